The summed E-state index contributed by atoms with van der Waals surface area (Å²) in [7, 11) is 1.83. The summed E-state index contributed by atoms with van der Waals surface area (Å²) in [5.74, 6) is 0. The SMILES string of the molecule is CCNC(Cc1ccc(Br)cn1)C1(OC)CCC1. The Balaban J connectivity index is 2.08. The number of hydrogen-bond donors (Lipinski definition) is 1. The molecular formula is C14H21BrN2O. The van der Waals surface area contributed by atoms with Gasteiger partial charge in [-0.2, -0.15) is 0 Å². The zero-order chi connectivity index (χ0) is 13.0. The highest BCUT2D eigenvalue weighted by Crippen LogP contribution is 2.39. The van der Waals surface area contributed by atoms with Crippen LogP contribution in [0.3, 0.4) is 0 Å². The summed E-state index contributed by atoms with van der Waals surface area (Å²) in [4.78, 5) is 4.46. The fourth-order valence-electron chi connectivity index (χ4n) is 2.65. The van der Waals surface area contributed by atoms with Gasteiger partial charge in [0.15, 0.2) is 0 Å². The number of methoxy groups -OCH3 is 1. The van der Waals surface area contributed by atoms with Crippen LogP contribution in [0, 0.1) is 0 Å². The summed E-state index contributed by atoms with van der Waals surface area (Å²) in [6, 6.07) is 4.48. The first kappa shape index (κ1) is 14.0. The Labute approximate surface area is 117 Å². The van der Waals surface area contributed by atoms with Crippen LogP contribution in [0.5, 0.6) is 0 Å². The van der Waals surface area contributed by atoms with Gasteiger partial charge in [0.1, 0.15) is 0 Å². The van der Waals surface area contributed by atoms with Gasteiger partial charge in [-0.3, -0.25) is 4.98 Å². The maximum atomic E-state index is 5.78. The van der Waals surface area contributed by atoms with E-state index in [1.54, 1.807) is 0 Å². The van der Waals surface area contributed by atoms with Crippen LogP contribution in [-0.4, -0.2) is 30.3 Å². The Hall–Kier alpha value is -0.450. The van der Waals surface area contributed by atoms with Crippen molar-refractivity contribution >= 4 is 15.9 Å². The standard InChI is InChI=1S/C14H21BrN2O/c1-3-16-13(14(18-2)7-4-8-14)9-12-6-5-11(15)10-17-12/h5-6,10,13,16H,3-4,7-9H2,1-2H3. The second kappa shape index (κ2) is 6.13. The van der Waals surface area contributed by atoms with Crippen LogP contribution < -0.4 is 5.32 Å². The lowest BCUT2D eigenvalue weighted by Gasteiger charge is -2.46. The highest BCUT2D eigenvalue weighted by Gasteiger charge is 2.44. The van der Waals surface area contributed by atoms with Crippen LogP contribution in [0.2, 0.25) is 0 Å². The summed E-state index contributed by atoms with van der Waals surface area (Å²) in [5.41, 5.74) is 1.14. The topological polar surface area (TPSA) is 34.2 Å². The molecule has 4 heteroatoms. The van der Waals surface area contributed by atoms with Gasteiger partial charge in [0, 0.05) is 35.9 Å². The van der Waals surface area contributed by atoms with E-state index in [1.807, 2.05) is 19.4 Å². The van der Waals surface area contributed by atoms with Gasteiger partial charge >= 0.3 is 0 Å². The molecule has 3 nitrogen and oxygen atoms in total. The molecule has 0 aliphatic heterocycles. The first-order chi connectivity index (χ1) is 8.70. The van der Waals surface area contributed by atoms with Gasteiger partial charge < -0.3 is 10.1 Å². The summed E-state index contributed by atoms with van der Waals surface area (Å²) in [5, 5.41) is 3.56. The van der Waals surface area contributed by atoms with Gasteiger partial charge in [0.05, 0.1) is 5.60 Å². The largest absolute Gasteiger partial charge is 0.377 e. The molecular weight excluding hydrogens is 292 g/mol. The smallest absolute Gasteiger partial charge is 0.0834 e. The van der Waals surface area contributed by atoms with E-state index in [0.29, 0.717) is 6.04 Å². The van der Waals surface area contributed by atoms with Crippen molar-refractivity contribution in [2.75, 3.05) is 13.7 Å². The van der Waals surface area contributed by atoms with Crippen molar-refractivity contribution in [3.05, 3.63) is 28.5 Å². The van der Waals surface area contributed by atoms with Gasteiger partial charge in [-0.25, -0.2) is 0 Å². The second-order valence-corrected chi connectivity index (χ2v) is 5.82. The number of halogens is 1. The Kier molecular flexibility index (Phi) is 4.76. The maximum Gasteiger partial charge on any atom is 0.0834 e. The average Bonchev–Trinajstić information content (AvgIpc) is 2.31. The third kappa shape index (κ3) is 2.92. The van der Waals surface area contributed by atoms with Gasteiger partial charge in [-0.1, -0.05) is 6.92 Å². The summed E-state index contributed by atoms with van der Waals surface area (Å²) in [6.45, 7) is 3.11. The van der Waals surface area contributed by atoms with Crippen LogP contribution in [-0.2, 0) is 11.2 Å². The Morgan fingerprint density at radius 2 is 2.28 bits per heavy atom. The molecule has 100 valence electrons. The molecule has 0 amide bonds. The number of aromatic nitrogens is 1. The molecule has 1 heterocycles. The molecule has 0 radical (unpaired) electrons. The van der Waals surface area contributed by atoms with Crippen molar-refractivity contribution in [1.82, 2.24) is 10.3 Å². The minimum Gasteiger partial charge on any atom is -0.377 e. The predicted octanol–water partition coefficient (Wildman–Crippen LogP) is 2.93. The van der Waals surface area contributed by atoms with Crippen molar-refractivity contribution in [2.45, 2.75) is 44.2 Å². The average molecular weight is 313 g/mol. The van der Waals surface area contributed by atoms with Crippen molar-refractivity contribution < 1.29 is 4.74 Å². The fraction of sp³-hybridized carbons (Fsp3) is 0.643. The zero-order valence-corrected chi connectivity index (χ0v) is 12.7. The number of nitrogens with zero attached hydrogens (tertiary/aromatic N) is 1. The molecule has 1 saturated carbocycles. The number of nitrogens with one attached hydrogen (secondary N) is 1. The second-order valence-electron chi connectivity index (χ2n) is 4.90. The molecule has 1 unspecified atom stereocenters. The molecule has 2 rings (SSSR count). The lowest BCUT2D eigenvalue weighted by atomic mass is 9.73. The molecule has 0 spiro atoms. The molecule has 1 aromatic rings. The fourth-order valence-corrected chi connectivity index (χ4v) is 2.88. The first-order valence-electron chi connectivity index (χ1n) is 6.59. The van der Waals surface area contributed by atoms with E-state index in [-0.39, 0.29) is 5.60 Å². The van der Waals surface area contributed by atoms with E-state index in [9.17, 15) is 0 Å². The minimum absolute atomic E-state index is 0.0186. The van der Waals surface area contributed by atoms with Gasteiger partial charge in [-0.15, -0.1) is 0 Å². The van der Waals surface area contributed by atoms with Crippen molar-refractivity contribution in [3.63, 3.8) is 0 Å². The molecule has 1 aliphatic rings. The number of ether oxygens (including phenoxy) is 1. The zero-order valence-electron chi connectivity index (χ0n) is 11.1. The number of rotatable bonds is 6. The van der Waals surface area contributed by atoms with Crippen molar-refractivity contribution in [1.29, 1.82) is 0 Å². The normalized spacial score (nSPS) is 19.3. The van der Waals surface area contributed by atoms with E-state index in [4.69, 9.17) is 4.74 Å². The third-order valence-corrected chi connectivity index (χ3v) is 4.36. The third-order valence-electron chi connectivity index (χ3n) is 3.89. The molecule has 1 aromatic heterocycles. The lowest BCUT2D eigenvalue weighted by molar-refractivity contribution is -0.0979. The first-order valence-corrected chi connectivity index (χ1v) is 7.38. The van der Waals surface area contributed by atoms with Crippen LogP contribution >= 0.6 is 15.9 Å². The predicted molar refractivity (Wildman–Crippen MR) is 76.7 cm³/mol. The Morgan fingerprint density at radius 3 is 2.72 bits per heavy atom. The summed E-state index contributed by atoms with van der Waals surface area (Å²) < 4.78 is 6.81. The van der Waals surface area contributed by atoms with E-state index in [2.05, 4.69) is 39.2 Å². The number of hydrogen-bond acceptors (Lipinski definition) is 3. The van der Waals surface area contributed by atoms with Crippen molar-refractivity contribution in [3.8, 4) is 0 Å². The highest BCUT2D eigenvalue weighted by atomic mass is 79.9. The van der Waals surface area contributed by atoms with Gasteiger partial charge in [-0.05, 0) is 53.9 Å². The van der Waals surface area contributed by atoms with E-state index >= 15 is 0 Å². The monoisotopic (exact) mass is 312 g/mol. The van der Waals surface area contributed by atoms with Gasteiger partial charge in [0.25, 0.3) is 0 Å². The molecule has 1 N–H and O–H groups in total. The Bertz CT molecular complexity index is 370. The van der Waals surface area contributed by atoms with Crippen LogP contribution in [0.1, 0.15) is 31.9 Å². The molecule has 18 heavy (non-hydrogen) atoms. The van der Waals surface area contributed by atoms with Crippen LogP contribution in [0.4, 0.5) is 0 Å². The molecule has 0 saturated heterocycles. The molecule has 1 aliphatic carbocycles. The van der Waals surface area contributed by atoms with Crippen LogP contribution in [0.25, 0.3) is 0 Å². The van der Waals surface area contributed by atoms with Crippen molar-refractivity contribution in [2.24, 2.45) is 0 Å². The summed E-state index contributed by atoms with van der Waals surface area (Å²) in [6.07, 6.45) is 6.35. The van der Waals surface area contributed by atoms with Gasteiger partial charge in [0.2, 0.25) is 0 Å². The van der Waals surface area contributed by atoms with Crippen LogP contribution in [0.15, 0.2) is 22.8 Å². The molecule has 0 aromatic carbocycles. The Morgan fingerprint density at radius 1 is 1.50 bits per heavy atom. The minimum atomic E-state index is 0.0186. The molecule has 1 fully saturated rings. The molecule has 0 bridgehead atoms. The maximum absolute atomic E-state index is 5.78. The number of likely N-dealkylation sites (N-methyl/N-ethyl adjacent to an activating group) is 1. The quantitative estimate of drug-likeness (QED) is 0.877. The number of pyridine rings is 1. The van der Waals surface area contributed by atoms with E-state index in [0.717, 1.165) is 36.0 Å². The van der Waals surface area contributed by atoms with E-state index in [1.165, 1.54) is 6.42 Å². The summed E-state index contributed by atoms with van der Waals surface area (Å²) >= 11 is 3.42. The lowest BCUT2D eigenvalue weighted by Crippen LogP contribution is -2.57. The van der Waals surface area contributed by atoms with E-state index < -0.39 is 0 Å². The molecule has 1 atom stereocenters. The highest BCUT2D eigenvalue weighted by molar-refractivity contribution is 9.10.